The molecule has 7 nitrogen and oxygen atoms in total. The van der Waals surface area contributed by atoms with E-state index in [0.29, 0.717) is 22.3 Å². The fourth-order valence-corrected chi connectivity index (χ4v) is 6.72. The summed E-state index contributed by atoms with van der Waals surface area (Å²) in [6.45, 7) is 6.41. The number of anilines is 1. The van der Waals surface area contributed by atoms with E-state index >= 15 is 0 Å². The molecule has 0 spiro atoms. The van der Waals surface area contributed by atoms with E-state index in [4.69, 9.17) is 21.1 Å². The first-order valence-corrected chi connectivity index (χ1v) is 14.2. The molecule has 2 amide bonds. The molecular weight excluding hydrogens is 528 g/mol. The zero-order chi connectivity index (χ0) is 26.2. The Kier molecular flexibility index (Phi) is 7.20. The fourth-order valence-electron chi connectivity index (χ4n) is 4.33. The molecule has 5 rings (SSSR count). The lowest BCUT2D eigenvalue weighted by Crippen LogP contribution is -2.42. The second-order valence-electron chi connectivity index (χ2n) is 9.74. The van der Waals surface area contributed by atoms with Crippen LogP contribution in [0.1, 0.15) is 47.9 Å². The second-order valence-corrected chi connectivity index (χ2v) is 12.2. The van der Waals surface area contributed by atoms with Crippen molar-refractivity contribution in [3.05, 3.63) is 87.1 Å². The average molecular weight is 555 g/mol. The minimum Gasteiger partial charge on any atom is -0.467 e. The summed E-state index contributed by atoms with van der Waals surface area (Å²) >= 11 is 9.85. The Morgan fingerprint density at radius 3 is 2.68 bits per heavy atom. The molecule has 4 heterocycles. The van der Waals surface area contributed by atoms with Crippen LogP contribution >= 0.6 is 34.7 Å². The van der Waals surface area contributed by atoms with Crippen LogP contribution < -0.4 is 10.2 Å². The second kappa shape index (κ2) is 10.4. The van der Waals surface area contributed by atoms with Gasteiger partial charge >= 0.3 is 0 Å². The number of fused-ring (bicyclic) bond motifs is 1. The minimum atomic E-state index is -0.326. The SMILES string of the molecule is CC(C)(C)c1nn(-c2ccccc2Cl)c2c1C(c1cccs1)SCC(=O)N2CC(=O)NCc1ccco1. The molecule has 0 aliphatic carbocycles. The van der Waals surface area contributed by atoms with Crippen LogP contribution in [-0.2, 0) is 21.5 Å². The Hall–Kier alpha value is -3.01. The van der Waals surface area contributed by atoms with Gasteiger partial charge in [0.2, 0.25) is 11.8 Å². The third kappa shape index (κ3) is 5.21. The fraction of sp³-hybridized carbons (Fsp3) is 0.296. The molecule has 1 unspecified atom stereocenters. The maximum absolute atomic E-state index is 13.6. The van der Waals surface area contributed by atoms with Crippen LogP contribution in [0.3, 0.4) is 0 Å². The predicted octanol–water partition coefficient (Wildman–Crippen LogP) is 5.96. The van der Waals surface area contributed by atoms with Crippen molar-refractivity contribution in [2.75, 3.05) is 17.2 Å². The molecule has 0 saturated heterocycles. The molecule has 10 heteroatoms. The van der Waals surface area contributed by atoms with Crippen molar-refractivity contribution in [1.29, 1.82) is 0 Å². The molecule has 0 saturated carbocycles. The van der Waals surface area contributed by atoms with Gasteiger partial charge in [0.05, 0.1) is 40.2 Å². The summed E-state index contributed by atoms with van der Waals surface area (Å²) in [5.41, 5.74) is 2.13. The molecule has 4 aromatic rings. The number of nitrogens with one attached hydrogen (secondary N) is 1. The van der Waals surface area contributed by atoms with Crippen LogP contribution in [-0.4, -0.2) is 33.9 Å². The first kappa shape index (κ1) is 25.6. The Morgan fingerprint density at radius 2 is 2.00 bits per heavy atom. The van der Waals surface area contributed by atoms with E-state index in [1.54, 1.807) is 57.1 Å². The number of hydrogen-bond acceptors (Lipinski definition) is 6. The number of halogens is 1. The van der Waals surface area contributed by atoms with Gasteiger partial charge in [-0.3, -0.25) is 14.5 Å². The minimum absolute atomic E-state index is 0.111. The van der Waals surface area contributed by atoms with Crippen LogP contribution in [0.5, 0.6) is 0 Å². The number of furan rings is 1. The van der Waals surface area contributed by atoms with E-state index in [1.165, 1.54) is 0 Å². The smallest absolute Gasteiger partial charge is 0.240 e. The van der Waals surface area contributed by atoms with E-state index in [9.17, 15) is 9.59 Å². The van der Waals surface area contributed by atoms with Gasteiger partial charge in [-0.2, -0.15) is 5.10 Å². The van der Waals surface area contributed by atoms with Gasteiger partial charge in [-0.15, -0.1) is 23.1 Å². The molecule has 1 aliphatic rings. The number of carbonyl (C=O) groups is 2. The maximum atomic E-state index is 13.6. The van der Waals surface area contributed by atoms with Crippen molar-refractivity contribution in [2.24, 2.45) is 0 Å². The number of nitrogens with zero attached hydrogens (tertiary/aromatic N) is 3. The quantitative estimate of drug-likeness (QED) is 0.318. The Bertz CT molecular complexity index is 1410. The summed E-state index contributed by atoms with van der Waals surface area (Å²) in [4.78, 5) is 29.4. The van der Waals surface area contributed by atoms with Crippen molar-refractivity contribution in [3.63, 3.8) is 0 Å². The molecular formula is C27H27ClN4O3S2. The van der Waals surface area contributed by atoms with Gasteiger partial charge in [0.1, 0.15) is 18.1 Å². The molecule has 192 valence electrons. The predicted molar refractivity (Wildman–Crippen MR) is 149 cm³/mol. The molecule has 1 N–H and O–H groups in total. The lowest BCUT2D eigenvalue weighted by molar-refractivity contribution is -0.123. The highest BCUT2D eigenvalue weighted by atomic mass is 35.5. The maximum Gasteiger partial charge on any atom is 0.240 e. The first-order valence-electron chi connectivity index (χ1n) is 11.9. The normalized spacial score (nSPS) is 15.9. The molecule has 1 aliphatic heterocycles. The standard InChI is InChI=1S/C27H27ClN4O3S2/c1-27(2,3)25-23-24(20-11-7-13-36-20)37-16-22(34)31(15-21(33)29-14-17-8-6-12-35-17)26(23)32(30-25)19-10-5-4-9-18(19)28/h4-13,24H,14-16H2,1-3H3,(H,29,33). The summed E-state index contributed by atoms with van der Waals surface area (Å²) in [5, 5.41) is 10.4. The van der Waals surface area contributed by atoms with Gasteiger partial charge in [-0.25, -0.2) is 4.68 Å². The third-order valence-electron chi connectivity index (χ3n) is 6.02. The van der Waals surface area contributed by atoms with Crippen molar-refractivity contribution < 1.29 is 14.0 Å². The van der Waals surface area contributed by atoms with Crippen molar-refractivity contribution >= 4 is 52.3 Å². The largest absolute Gasteiger partial charge is 0.467 e. The molecule has 3 aromatic heterocycles. The monoisotopic (exact) mass is 554 g/mol. The lowest BCUT2D eigenvalue weighted by atomic mass is 9.88. The number of rotatable bonds is 6. The topological polar surface area (TPSA) is 80.4 Å². The van der Waals surface area contributed by atoms with E-state index in [1.807, 2.05) is 29.6 Å². The first-order chi connectivity index (χ1) is 17.7. The summed E-state index contributed by atoms with van der Waals surface area (Å²) in [6.07, 6.45) is 1.56. The molecule has 37 heavy (non-hydrogen) atoms. The number of thiophene rings is 1. The van der Waals surface area contributed by atoms with Crippen LogP contribution in [0, 0.1) is 0 Å². The Labute approximate surface area is 228 Å². The summed E-state index contributed by atoms with van der Waals surface area (Å²) in [7, 11) is 0. The van der Waals surface area contributed by atoms with E-state index < -0.39 is 0 Å². The lowest BCUT2D eigenvalue weighted by Gasteiger charge is -2.24. The highest BCUT2D eigenvalue weighted by Gasteiger charge is 2.40. The molecule has 1 aromatic carbocycles. The number of thioether (sulfide) groups is 1. The zero-order valence-corrected chi connectivity index (χ0v) is 23.1. The van der Waals surface area contributed by atoms with Gasteiger partial charge in [0.25, 0.3) is 0 Å². The van der Waals surface area contributed by atoms with Crippen LogP contribution in [0.25, 0.3) is 5.69 Å². The van der Waals surface area contributed by atoms with Crippen molar-refractivity contribution in [3.8, 4) is 5.69 Å². The third-order valence-corrected chi connectivity index (χ3v) is 8.67. The van der Waals surface area contributed by atoms with E-state index in [0.717, 1.165) is 16.1 Å². The van der Waals surface area contributed by atoms with Crippen molar-refractivity contribution in [2.45, 2.75) is 38.0 Å². The van der Waals surface area contributed by atoms with E-state index in [-0.39, 0.29) is 41.3 Å². The highest BCUT2D eigenvalue weighted by molar-refractivity contribution is 8.00. The van der Waals surface area contributed by atoms with Crippen molar-refractivity contribution in [1.82, 2.24) is 15.1 Å². The number of aromatic nitrogens is 2. The van der Waals surface area contributed by atoms with Gasteiger partial charge in [0.15, 0.2) is 0 Å². The number of hydrogen-bond donors (Lipinski definition) is 1. The number of carbonyl (C=O) groups excluding carboxylic acids is 2. The summed E-state index contributed by atoms with van der Waals surface area (Å²) in [5.74, 6) is 1.00. The van der Waals surface area contributed by atoms with Crippen LogP contribution in [0.15, 0.2) is 64.6 Å². The average Bonchev–Trinajstić information content (AvgIpc) is 3.62. The summed E-state index contributed by atoms with van der Waals surface area (Å²) < 4.78 is 7.07. The molecule has 0 bridgehead atoms. The highest BCUT2D eigenvalue weighted by Crippen LogP contribution is 2.49. The molecule has 0 radical (unpaired) electrons. The number of amides is 2. The van der Waals surface area contributed by atoms with Gasteiger partial charge < -0.3 is 9.73 Å². The summed E-state index contributed by atoms with van der Waals surface area (Å²) in [6, 6.07) is 15.1. The van der Waals surface area contributed by atoms with E-state index in [2.05, 4.69) is 32.2 Å². The van der Waals surface area contributed by atoms with Crippen LogP contribution in [0.2, 0.25) is 5.02 Å². The molecule has 0 fully saturated rings. The number of benzene rings is 1. The zero-order valence-electron chi connectivity index (χ0n) is 20.7. The molecule has 1 atom stereocenters. The van der Waals surface area contributed by atoms with Gasteiger partial charge in [-0.1, -0.05) is 50.6 Å². The Morgan fingerprint density at radius 1 is 1.19 bits per heavy atom. The van der Waals surface area contributed by atoms with Gasteiger partial charge in [0, 0.05) is 15.9 Å². The van der Waals surface area contributed by atoms with Crippen LogP contribution in [0.4, 0.5) is 5.82 Å². The Balaban J connectivity index is 1.66. The number of para-hydroxylation sites is 1. The van der Waals surface area contributed by atoms with Gasteiger partial charge in [-0.05, 0) is 35.7 Å².